The fourth-order valence-electron chi connectivity index (χ4n) is 1.74. The van der Waals surface area contributed by atoms with Gasteiger partial charge in [0.2, 0.25) is 5.91 Å². The van der Waals surface area contributed by atoms with Gasteiger partial charge in [-0.25, -0.2) is 0 Å². The van der Waals surface area contributed by atoms with Crippen LogP contribution in [0.2, 0.25) is 0 Å². The van der Waals surface area contributed by atoms with E-state index in [9.17, 15) is 9.59 Å². The van der Waals surface area contributed by atoms with E-state index in [0.717, 1.165) is 5.56 Å². The third-order valence-corrected chi connectivity index (χ3v) is 2.72. The molecule has 1 atom stereocenters. The van der Waals surface area contributed by atoms with Crippen LogP contribution in [0.1, 0.15) is 18.5 Å². The van der Waals surface area contributed by atoms with Crippen LogP contribution in [0.15, 0.2) is 18.2 Å². The monoisotopic (exact) mass is 249 g/mol. The summed E-state index contributed by atoms with van der Waals surface area (Å²) in [5, 5.41) is 5.72. The number of rotatable bonds is 4. The molecule has 96 valence electrons. The molecule has 1 aliphatic rings. The van der Waals surface area contributed by atoms with Gasteiger partial charge in [0.25, 0.3) is 5.91 Å². The van der Waals surface area contributed by atoms with Gasteiger partial charge in [0.1, 0.15) is 5.75 Å². The van der Waals surface area contributed by atoms with Crippen LogP contribution in [0.3, 0.4) is 0 Å². The molecule has 6 heteroatoms. The van der Waals surface area contributed by atoms with Crippen molar-refractivity contribution in [3.8, 4) is 5.75 Å². The molecule has 0 bridgehead atoms. The van der Waals surface area contributed by atoms with E-state index in [0.29, 0.717) is 11.4 Å². The Morgan fingerprint density at radius 1 is 1.61 bits per heavy atom. The van der Waals surface area contributed by atoms with Gasteiger partial charge in [-0.05, 0) is 24.6 Å². The molecule has 18 heavy (non-hydrogen) atoms. The maximum Gasteiger partial charge on any atom is 0.262 e. The molecule has 2 amide bonds. The fraction of sp³-hybridized carbons (Fsp3) is 0.333. The van der Waals surface area contributed by atoms with Crippen molar-refractivity contribution in [2.24, 2.45) is 5.73 Å². The fourth-order valence-corrected chi connectivity index (χ4v) is 1.74. The normalized spacial score (nSPS) is 15.3. The van der Waals surface area contributed by atoms with Gasteiger partial charge in [-0.15, -0.1) is 0 Å². The van der Waals surface area contributed by atoms with Crippen LogP contribution in [0.4, 0.5) is 5.69 Å². The van der Waals surface area contributed by atoms with Crippen LogP contribution >= 0.6 is 0 Å². The molecule has 0 spiro atoms. The summed E-state index contributed by atoms with van der Waals surface area (Å²) < 4.78 is 5.26. The van der Waals surface area contributed by atoms with Crippen molar-refractivity contribution in [3.05, 3.63) is 23.8 Å². The number of hydrogen-bond acceptors (Lipinski definition) is 4. The highest BCUT2D eigenvalue weighted by molar-refractivity contribution is 5.95. The lowest BCUT2D eigenvalue weighted by Gasteiger charge is -2.20. The van der Waals surface area contributed by atoms with Crippen molar-refractivity contribution in [2.75, 3.05) is 18.5 Å². The first-order valence-electron chi connectivity index (χ1n) is 5.64. The second kappa shape index (κ2) is 5.05. The molecule has 1 unspecified atom stereocenters. The number of benzene rings is 1. The summed E-state index contributed by atoms with van der Waals surface area (Å²) in [6.45, 7) is 2.07. The Balaban J connectivity index is 2.12. The Bertz CT molecular complexity index is 487. The SMILES string of the molecule is CC(NCC(N)=O)c1ccc2c(c1)NC(=O)CO2. The second-order valence-electron chi connectivity index (χ2n) is 4.16. The smallest absolute Gasteiger partial charge is 0.262 e. The lowest BCUT2D eigenvalue weighted by atomic mass is 10.1. The van der Waals surface area contributed by atoms with Crippen LogP contribution in [-0.2, 0) is 9.59 Å². The molecule has 1 aliphatic heterocycles. The zero-order valence-corrected chi connectivity index (χ0v) is 10.0. The highest BCUT2D eigenvalue weighted by Gasteiger charge is 2.17. The first kappa shape index (κ1) is 12.4. The van der Waals surface area contributed by atoms with E-state index in [1.165, 1.54) is 0 Å². The molecule has 1 heterocycles. The van der Waals surface area contributed by atoms with Crippen molar-refractivity contribution in [2.45, 2.75) is 13.0 Å². The average molecular weight is 249 g/mol. The van der Waals surface area contributed by atoms with E-state index in [2.05, 4.69) is 10.6 Å². The number of carbonyl (C=O) groups is 2. The van der Waals surface area contributed by atoms with E-state index in [4.69, 9.17) is 10.5 Å². The van der Waals surface area contributed by atoms with Crippen molar-refractivity contribution in [1.29, 1.82) is 0 Å². The van der Waals surface area contributed by atoms with Crippen LogP contribution in [0, 0.1) is 0 Å². The Kier molecular flexibility index (Phi) is 3.47. The van der Waals surface area contributed by atoms with Gasteiger partial charge in [-0.2, -0.15) is 0 Å². The molecule has 2 rings (SSSR count). The van der Waals surface area contributed by atoms with Gasteiger partial charge >= 0.3 is 0 Å². The van der Waals surface area contributed by atoms with Gasteiger partial charge < -0.3 is 21.1 Å². The van der Waals surface area contributed by atoms with Crippen LogP contribution < -0.4 is 21.1 Å². The first-order chi connectivity index (χ1) is 8.56. The number of fused-ring (bicyclic) bond motifs is 1. The zero-order chi connectivity index (χ0) is 13.1. The zero-order valence-electron chi connectivity index (χ0n) is 10.0. The highest BCUT2D eigenvalue weighted by Crippen LogP contribution is 2.30. The minimum atomic E-state index is -0.406. The number of amides is 2. The second-order valence-corrected chi connectivity index (χ2v) is 4.16. The van der Waals surface area contributed by atoms with Gasteiger partial charge in [0.05, 0.1) is 12.2 Å². The number of hydrogen-bond donors (Lipinski definition) is 3. The number of ether oxygens (including phenoxy) is 1. The van der Waals surface area contributed by atoms with Crippen LogP contribution in [0.5, 0.6) is 5.75 Å². The Morgan fingerprint density at radius 2 is 2.39 bits per heavy atom. The Hall–Kier alpha value is -2.08. The van der Waals surface area contributed by atoms with Gasteiger partial charge in [0, 0.05) is 6.04 Å². The van der Waals surface area contributed by atoms with Crippen molar-refractivity contribution < 1.29 is 14.3 Å². The third kappa shape index (κ3) is 2.78. The Labute approximate surface area is 104 Å². The van der Waals surface area contributed by atoms with Crippen LogP contribution in [0.25, 0.3) is 0 Å². The lowest BCUT2D eigenvalue weighted by molar-refractivity contribution is -0.119. The minimum absolute atomic E-state index is 0.0402. The molecule has 1 aromatic rings. The van der Waals surface area contributed by atoms with E-state index in [-0.39, 0.29) is 25.1 Å². The summed E-state index contributed by atoms with van der Waals surface area (Å²) in [4.78, 5) is 21.9. The highest BCUT2D eigenvalue weighted by atomic mass is 16.5. The topological polar surface area (TPSA) is 93.5 Å². The largest absolute Gasteiger partial charge is 0.482 e. The predicted octanol–water partition coefficient (Wildman–Crippen LogP) is 0.153. The third-order valence-electron chi connectivity index (χ3n) is 2.72. The van der Waals surface area contributed by atoms with Gasteiger partial charge in [-0.1, -0.05) is 6.07 Å². The Morgan fingerprint density at radius 3 is 3.11 bits per heavy atom. The van der Waals surface area contributed by atoms with Crippen molar-refractivity contribution in [3.63, 3.8) is 0 Å². The van der Waals surface area contributed by atoms with Crippen molar-refractivity contribution >= 4 is 17.5 Å². The number of anilines is 1. The maximum absolute atomic E-state index is 11.2. The average Bonchev–Trinajstić information content (AvgIpc) is 2.34. The predicted molar refractivity (Wildman–Crippen MR) is 66.2 cm³/mol. The molecule has 1 aromatic carbocycles. The quantitative estimate of drug-likeness (QED) is 0.708. The number of primary amides is 1. The molecule has 0 fully saturated rings. The molecule has 0 aliphatic carbocycles. The van der Waals surface area contributed by atoms with Crippen molar-refractivity contribution in [1.82, 2.24) is 5.32 Å². The summed E-state index contributed by atoms with van der Waals surface area (Å²) in [6, 6.07) is 5.47. The summed E-state index contributed by atoms with van der Waals surface area (Å²) in [7, 11) is 0. The van der Waals surface area contributed by atoms with Crippen LogP contribution in [-0.4, -0.2) is 25.0 Å². The first-order valence-corrected chi connectivity index (χ1v) is 5.64. The molecular formula is C12H15N3O3. The van der Waals surface area contributed by atoms with Gasteiger partial charge in [0.15, 0.2) is 6.61 Å². The standard InChI is InChI=1S/C12H15N3O3/c1-7(14-5-11(13)16)8-2-3-10-9(4-8)15-12(17)6-18-10/h2-4,7,14H,5-6H2,1H3,(H2,13,16)(H,15,17). The lowest BCUT2D eigenvalue weighted by Crippen LogP contribution is -2.30. The number of carbonyl (C=O) groups excluding carboxylic acids is 2. The van der Waals surface area contributed by atoms with E-state index < -0.39 is 5.91 Å². The maximum atomic E-state index is 11.2. The summed E-state index contributed by atoms with van der Waals surface area (Å²) in [5.41, 5.74) is 6.66. The molecule has 6 nitrogen and oxygen atoms in total. The summed E-state index contributed by atoms with van der Waals surface area (Å²) in [6.07, 6.45) is 0. The number of nitrogens with one attached hydrogen (secondary N) is 2. The molecule has 0 aromatic heterocycles. The minimum Gasteiger partial charge on any atom is -0.482 e. The number of nitrogens with two attached hydrogens (primary N) is 1. The van der Waals surface area contributed by atoms with E-state index >= 15 is 0 Å². The molecule has 0 radical (unpaired) electrons. The van der Waals surface area contributed by atoms with Gasteiger partial charge in [-0.3, -0.25) is 9.59 Å². The summed E-state index contributed by atoms with van der Waals surface area (Å²) >= 11 is 0. The summed E-state index contributed by atoms with van der Waals surface area (Å²) in [5.74, 6) is 0.0781. The molecule has 0 saturated heterocycles. The van der Waals surface area contributed by atoms with E-state index in [1.54, 1.807) is 6.07 Å². The molecular weight excluding hydrogens is 234 g/mol. The van der Waals surface area contributed by atoms with E-state index in [1.807, 2.05) is 19.1 Å². The molecule has 0 saturated carbocycles. The molecule has 4 N–H and O–H groups in total.